The van der Waals surface area contributed by atoms with E-state index in [9.17, 15) is 4.79 Å². The van der Waals surface area contributed by atoms with Gasteiger partial charge in [0.05, 0.1) is 17.2 Å². The van der Waals surface area contributed by atoms with Crippen molar-refractivity contribution >= 4 is 23.6 Å². The Morgan fingerprint density at radius 2 is 2.24 bits per heavy atom. The van der Waals surface area contributed by atoms with Gasteiger partial charge in [0.15, 0.2) is 0 Å². The van der Waals surface area contributed by atoms with E-state index >= 15 is 0 Å². The Balaban J connectivity index is 2.30. The summed E-state index contributed by atoms with van der Waals surface area (Å²) in [7, 11) is 0. The van der Waals surface area contributed by atoms with Crippen LogP contribution in [0.2, 0.25) is 5.02 Å². The molecule has 114 valence electrons. The van der Waals surface area contributed by atoms with Crippen LogP contribution in [0.15, 0.2) is 11.6 Å². The monoisotopic (exact) mass is 310 g/mol. The highest BCUT2D eigenvalue weighted by Gasteiger charge is 2.22. The fourth-order valence-electron chi connectivity index (χ4n) is 2.14. The van der Waals surface area contributed by atoms with Crippen LogP contribution in [-0.4, -0.2) is 24.3 Å². The van der Waals surface area contributed by atoms with Crippen molar-refractivity contribution in [2.24, 2.45) is 5.92 Å². The molecule has 2 rings (SSSR count). The van der Waals surface area contributed by atoms with Gasteiger partial charge in [-0.15, -0.1) is 0 Å². The van der Waals surface area contributed by atoms with Crippen LogP contribution in [0.4, 0.5) is 0 Å². The first-order valence-corrected chi connectivity index (χ1v) is 7.30. The third kappa shape index (κ3) is 3.50. The zero-order chi connectivity index (χ0) is 15.6. The first-order chi connectivity index (χ1) is 9.90. The van der Waals surface area contributed by atoms with Crippen molar-refractivity contribution in [3.8, 4) is 11.5 Å². The lowest BCUT2D eigenvalue weighted by molar-refractivity contribution is -0.132. The summed E-state index contributed by atoms with van der Waals surface area (Å²) in [4.78, 5) is 11.0. The van der Waals surface area contributed by atoms with Crippen LogP contribution in [-0.2, 0) is 4.79 Å². The van der Waals surface area contributed by atoms with Gasteiger partial charge in [0, 0.05) is 11.1 Å². The minimum absolute atomic E-state index is 0.0518. The van der Waals surface area contributed by atoms with Crippen molar-refractivity contribution < 1.29 is 19.4 Å². The van der Waals surface area contributed by atoms with Gasteiger partial charge < -0.3 is 14.6 Å². The van der Waals surface area contributed by atoms with E-state index in [0.29, 0.717) is 34.6 Å². The van der Waals surface area contributed by atoms with Gasteiger partial charge in [0.25, 0.3) is 0 Å². The van der Waals surface area contributed by atoms with Crippen LogP contribution in [0.3, 0.4) is 0 Å². The molecule has 0 atom stereocenters. The van der Waals surface area contributed by atoms with Crippen LogP contribution < -0.4 is 9.47 Å². The van der Waals surface area contributed by atoms with Crippen LogP contribution in [0.25, 0.3) is 6.08 Å². The average Bonchev–Trinajstić information content (AvgIpc) is 2.41. The average molecular weight is 311 g/mol. The topological polar surface area (TPSA) is 55.8 Å². The summed E-state index contributed by atoms with van der Waals surface area (Å²) in [6, 6.07) is 1.69. The molecule has 1 heterocycles. The number of carbonyl (C=O) groups is 1. The number of benzene rings is 1. The zero-order valence-electron chi connectivity index (χ0n) is 12.4. The molecule has 4 nitrogen and oxygen atoms in total. The number of halogens is 1. The van der Waals surface area contributed by atoms with Crippen LogP contribution in [0.1, 0.15) is 31.4 Å². The number of rotatable bonds is 5. The molecule has 5 heteroatoms. The van der Waals surface area contributed by atoms with Crippen LogP contribution in [0, 0.1) is 12.8 Å². The predicted molar refractivity (Wildman–Crippen MR) is 82.2 cm³/mol. The maximum Gasteiger partial charge on any atom is 0.335 e. The second-order valence-corrected chi connectivity index (χ2v) is 5.93. The lowest BCUT2D eigenvalue weighted by Gasteiger charge is -2.21. The second-order valence-electron chi connectivity index (χ2n) is 5.53. The summed E-state index contributed by atoms with van der Waals surface area (Å²) in [5, 5.41) is 9.49. The van der Waals surface area contributed by atoms with Gasteiger partial charge in [0.1, 0.15) is 18.1 Å². The molecule has 0 bridgehead atoms. The largest absolute Gasteiger partial charge is 0.492 e. The fraction of sp³-hybridized carbons (Fsp3) is 0.438. The normalized spacial score (nSPS) is 13.5. The smallest absolute Gasteiger partial charge is 0.335 e. The Kier molecular flexibility index (Phi) is 4.78. The maximum absolute atomic E-state index is 11.0. The third-order valence-electron chi connectivity index (χ3n) is 3.36. The van der Waals surface area contributed by atoms with E-state index in [1.807, 2.05) is 6.92 Å². The summed E-state index contributed by atoms with van der Waals surface area (Å²) >= 11 is 6.25. The number of ether oxygens (including phenoxy) is 2. The molecule has 1 aromatic rings. The Morgan fingerprint density at radius 1 is 1.52 bits per heavy atom. The number of carboxylic acids is 1. The minimum atomic E-state index is -0.980. The predicted octanol–water partition coefficient (Wildman–Crippen LogP) is 3.93. The summed E-state index contributed by atoms with van der Waals surface area (Å²) in [6.07, 6.45) is 2.54. The Hall–Kier alpha value is -1.68. The molecule has 0 fully saturated rings. The zero-order valence-corrected chi connectivity index (χ0v) is 13.2. The van der Waals surface area contributed by atoms with Gasteiger partial charge >= 0.3 is 5.97 Å². The van der Waals surface area contributed by atoms with Gasteiger partial charge in [-0.25, -0.2) is 4.79 Å². The van der Waals surface area contributed by atoms with E-state index in [1.54, 1.807) is 12.1 Å². The van der Waals surface area contributed by atoms with Gasteiger partial charge in [-0.3, -0.25) is 0 Å². The molecule has 1 aliphatic heterocycles. The SMILES string of the molecule is Cc1c(OCCC(C)C)c(Cl)cc2c1OCC(C(=O)O)=C2. The molecular weight excluding hydrogens is 292 g/mol. The van der Waals surface area contributed by atoms with Gasteiger partial charge in [-0.2, -0.15) is 0 Å². The van der Waals surface area contributed by atoms with E-state index in [4.69, 9.17) is 26.2 Å². The fourth-order valence-corrected chi connectivity index (χ4v) is 2.46. The van der Waals surface area contributed by atoms with Gasteiger partial charge in [-0.05, 0) is 31.4 Å². The highest BCUT2D eigenvalue weighted by atomic mass is 35.5. The lowest BCUT2D eigenvalue weighted by atomic mass is 10.0. The molecule has 0 amide bonds. The summed E-state index contributed by atoms with van der Waals surface area (Å²) in [6.45, 7) is 6.77. The van der Waals surface area contributed by atoms with Crippen molar-refractivity contribution in [3.63, 3.8) is 0 Å². The Morgan fingerprint density at radius 3 is 2.86 bits per heavy atom. The molecule has 1 aromatic carbocycles. The van der Waals surface area contributed by atoms with E-state index in [1.165, 1.54) is 0 Å². The van der Waals surface area contributed by atoms with Crippen molar-refractivity contribution in [2.45, 2.75) is 27.2 Å². The molecule has 0 saturated heterocycles. The summed E-state index contributed by atoms with van der Waals surface area (Å²) < 4.78 is 11.3. The van der Waals surface area contributed by atoms with Crippen molar-refractivity contribution in [2.75, 3.05) is 13.2 Å². The van der Waals surface area contributed by atoms with E-state index in [0.717, 1.165) is 12.0 Å². The van der Waals surface area contributed by atoms with Crippen molar-refractivity contribution in [3.05, 3.63) is 27.8 Å². The number of hydrogen-bond donors (Lipinski definition) is 1. The number of aliphatic carboxylic acids is 1. The molecule has 0 saturated carbocycles. The third-order valence-corrected chi connectivity index (χ3v) is 3.64. The highest BCUT2D eigenvalue weighted by molar-refractivity contribution is 6.32. The Bertz CT molecular complexity index is 590. The van der Waals surface area contributed by atoms with Crippen LogP contribution in [0.5, 0.6) is 11.5 Å². The molecule has 21 heavy (non-hydrogen) atoms. The Labute approximate surface area is 129 Å². The van der Waals surface area contributed by atoms with E-state index in [-0.39, 0.29) is 12.2 Å². The molecule has 1 aliphatic rings. The first-order valence-electron chi connectivity index (χ1n) is 6.92. The van der Waals surface area contributed by atoms with E-state index < -0.39 is 5.97 Å². The van der Waals surface area contributed by atoms with Crippen LogP contribution >= 0.6 is 11.6 Å². The number of fused-ring (bicyclic) bond motifs is 1. The van der Waals surface area contributed by atoms with Crippen molar-refractivity contribution in [1.29, 1.82) is 0 Å². The standard InChI is InChI=1S/C16H19ClO4/c1-9(2)4-5-20-15-10(3)14-11(7-13(15)17)6-12(8-21-14)16(18)19/h6-7,9H,4-5,8H2,1-3H3,(H,18,19). The molecule has 0 aromatic heterocycles. The molecular formula is C16H19ClO4. The second kappa shape index (κ2) is 6.39. The molecule has 0 spiro atoms. The number of carboxylic acid groups (broad SMARTS) is 1. The number of hydrogen-bond acceptors (Lipinski definition) is 3. The molecule has 1 N–H and O–H groups in total. The minimum Gasteiger partial charge on any atom is -0.492 e. The maximum atomic E-state index is 11.0. The lowest BCUT2D eigenvalue weighted by Crippen LogP contribution is -2.15. The quantitative estimate of drug-likeness (QED) is 0.895. The molecule has 0 unspecified atom stereocenters. The molecule has 0 radical (unpaired) electrons. The summed E-state index contributed by atoms with van der Waals surface area (Å²) in [5.74, 6) is 0.831. The van der Waals surface area contributed by atoms with E-state index in [2.05, 4.69) is 13.8 Å². The first kappa shape index (κ1) is 15.7. The van der Waals surface area contributed by atoms with Gasteiger partial charge in [0.2, 0.25) is 0 Å². The summed E-state index contributed by atoms with van der Waals surface area (Å²) in [5.41, 5.74) is 1.70. The highest BCUT2D eigenvalue weighted by Crippen LogP contribution is 2.41. The van der Waals surface area contributed by atoms with Gasteiger partial charge in [-0.1, -0.05) is 25.4 Å². The van der Waals surface area contributed by atoms with Crippen molar-refractivity contribution in [1.82, 2.24) is 0 Å². The molecule has 0 aliphatic carbocycles.